The van der Waals surface area contributed by atoms with Crippen molar-refractivity contribution in [3.63, 3.8) is 0 Å². The van der Waals surface area contributed by atoms with E-state index in [2.05, 4.69) is 5.32 Å². The lowest BCUT2D eigenvalue weighted by molar-refractivity contribution is -0.143. The summed E-state index contributed by atoms with van der Waals surface area (Å²) in [5, 5.41) is 2.99. The van der Waals surface area contributed by atoms with Crippen molar-refractivity contribution in [3.8, 4) is 17.2 Å². The standard InChI is InChI=1S/C36H39N3O8S/c1-44-30-12-8-27(9-13-30)24-37-36(41)35(29-6-4-3-5-7-29)39(25-28-10-14-31(45-2)15-11-28)34(40)26-47-32-16-18-33(19-17-32)48(42,43)38-20-22-46-23-21-38/h3-19,35H,20-26H2,1-2H3,(H,37,41). The summed E-state index contributed by atoms with van der Waals surface area (Å²) in [6, 6.07) is 28.7. The van der Waals surface area contributed by atoms with Crippen molar-refractivity contribution in [2.75, 3.05) is 47.1 Å². The second-order valence-corrected chi connectivity index (χ2v) is 13.0. The molecule has 2 amide bonds. The van der Waals surface area contributed by atoms with Crippen LogP contribution in [0.15, 0.2) is 108 Å². The van der Waals surface area contributed by atoms with Gasteiger partial charge in [-0.15, -0.1) is 0 Å². The smallest absolute Gasteiger partial charge is 0.261 e. The first-order chi connectivity index (χ1) is 23.3. The van der Waals surface area contributed by atoms with Crippen LogP contribution in [0.4, 0.5) is 0 Å². The number of ether oxygens (including phenoxy) is 4. The van der Waals surface area contributed by atoms with Crippen LogP contribution in [0.3, 0.4) is 0 Å². The normalized spacial score (nSPS) is 14.0. The molecule has 1 atom stereocenters. The SMILES string of the molecule is COc1ccc(CNC(=O)C(c2ccccc2)N(Cc2ccc(OC)cc2)C(=O)COc2ccc(S(=O)(=O)N3CCOCC3)cc2)cc1. The number of nitrogens with zero attached hydrogens (tertiary/aromatic N) is 2. The van der Waals surface area contributed by atoms with E-state index in [1.165, 1.54) is 33.5 Å². The number of methoxy groups -OCH3 is 2. The average Bonchev–Trinajstić information content (AvgIpc) is 3.14. The molecule has 0 saturated carbocycles. The van der Waals surface area contributed by atoms with Gasteiger partial charge in [-0.1, -0.05) is 54.6 Å². The second-order valence-electron chi connectivity index (χ2n) is 11.0. The number of morpholine rings is 1. The third-order valence-corrected chi connectivity index (χ3v) is 9.84. The molecule has 0 spiro atoms. The van der Waals surface area contributed by atoms with Gasteiger partial charge >= 0.3 is 0 Å². The third kappa shape index (κ3) is 8.71. The van der Waals surface area contributed by atoms with E-state index >= 15 is 0 Å². The molecular formula is C36H39N3O8S. The summed E-state index contributed by atoms with van der Waals surface area (Å²) in [6.07, 6.45) is 0. The van der Waals surface area contributed by atoms with Gasteiger partial charge in [0.05, 0.1) is 32.3 Å². The number of hydrogen-bond donors (Lipinski definition) is 1. The predicted molar refractivity (Wildman–Crippen MR) is 179 cm³/mol. The quantitative estimate of drug-likeness (QED) is 0.212. The molecule has 1 fully saturated rings. The fraction of sp³-hybridized carbons (Fsp3) is 0.278. The summed E-state index contributed by atoms with van der Waals surface area (Å²) in [5.41, 5.74) is 2.28. The number of rotatable bonds is 14. The molecular weight excluding hydrogens is 634 g/mol. The highest BCUT2D eigenvalue weighted by molar-refractivity contribution is 7.89. The van der Waals surface area contributed by atoms with E-state index in [-0.39, 0.29) is 43.6 Å². The molecule has 1 unspecified atom stereocenters. The molecule has 4 aromatic rings. The molecule has 5 rings (SSSR count). The van der Waals surface area contributed by atoms with Crippen LogP contribution in [0.2, 0.25) is 0 Å². The zero-order valence-electron chi connectivity index (χ0n) is 26.9. The molecule has 252 valence electrons. The summed E-state index contributed by atoms with van der Waals surface area (Å²) in [5.74, 6) is 0.877. The van der Waals surface area contributed by atoms with Crippen LogP contribution in [0.5, 0.6) is 17.2 Å². The minimum Gasteiger partial charge on any atom is -0.497 e. The Morgan fingerprint density at radius 2 is 1.35 bits per heavy atom. The first-order valence-corrected chi connectivity index (χ1v) is 16.9. The van der Waals surface area contributed by atoms with Crippen LogP contribution in [-0.2, 0) is 37.4 Å². The number of hydrogen-bond acceptors (Lipinski definition) is 8. The van der Waals surface area contributed by atoms with Crippen LogP contribution in [0.25, 0.3) is 0 Å². The molecule has 1 aliphatic rings. The number of benzene rings is 4. The Bertz CT molecular complexity index is 1740. The van der Waals surface area contributed by atoms with Crippen LogP contribution in [0, 0.1) is 0 Å². The van der Waals surface area contributed by atoms with Crippen molar-refractivity contribution >= 4 is 21.8 Å². The van der Waals surface area contributed by atoms with Gasteiger partial charge in [0.25, 0.3) is 5.91 Å². The van der Waals surface area contributed by atoms with Crippen LogP contribution < -0.4 is 19.5 Å². The Labute approximate surface area is 281 Å². The van der Waals surface area contributed by atoms with Gasteiger partial charge in [0.2, 0.25) is 15.9 Å². The molecule has 1 N–H and O–H groups in total. The van der Waals surface area contributed by atoms with E-state index in [9.17, 15) is 18.0 Å². The summed E-state index contributed by atoms with van der Waals surface area (Å²) >= 11 is 0. The first-order valence-electron chi connectivity index (χ1n) is 15.5. The molecule has 11 nitrogen and oxygen atoms in total. The average molecular weight is 674 g/mol. The number of sulfonamides is 1. The highest BCUT2D eigenvalue weighted by atomic mass is 32.2. The molecule has 12 heteroatoms. The van der Waals surface area contributed by atoms with Gasteiger partial charge in [-0.05, 0) is 65.2 Å². The zero-order valence-corrected chi connectivity index (χ0v) is 27.7. The summed E-state index contributed by atoms with van der Waals surface area (Å²) in [4.78, 5) is 29.6. The Balaban J connectivity index is 1.37. The van der Waals surface area contributed by atoms with Gasteiger partial charge < -0.3 is 29.2 Å². The van der Waals surface area contributed by atoms with Gasteiger partial charge in [-0.2, -0.15) is 4.31 Å². The monoisotopic (exact) mass is 673 g/mol. The topological polar surface area (TPSA) is 124 Å². The molecule has 0 aromatic heterocycles. The Morgan fingerprint density at radius 1 is 0.792 bits per heavy atom. The largest absolute Gasteiger partial charge is 0.497 e. The molecule has 1 saturated heterocycles. The molecule has 1 aliphatic heterocycles. The van der Waals surface area contributed by atoms with Crippen molar-refractivity contribution in [3.05, 3.63) is 120 Å². The molecule has 0 bridgehead atoms. The summed E-state index contributed by atoms with van der Waals surface area (Å²) in [7, 11) is -0.517. The number of nitrogens with one attached hydrogen (secondary N) is 1. The Hall–Kier alpha value is -4.91. The van der Waals surface area contributed by atoms with Crippen molar-refractivity contribution in [2.45, 2.75) is 24.0 Å². The minimum atomic E-state index is -3.68. The summed E-state index contributed by atoms with van der Waals surface area (Å²) in [6.45, 7) is 1.23. The molecule has 0 radical (unpaired) electrons. The minimum absolute atomic E-state index is 0.110. The van der Waals surface area contributed by atoms with E-state index in [4.69, 9.17) is 18.9 Å². The molecule has 0 aliphatic carbocycles. The number of amides is 2. The van der Waals surface area contributed by atoms with E-state index in [0.717, 1.165) is 11.1 Å². The highest BCUT2D eigenvalue weighted by Gasteiger charge is 2.32. The van der Waals surface area contributed by atoms with Gasteiger partial charge in [-0.3, -0.25) is 9.59 Å². The van der Waals surface area contributed by atoms with E-state index in [1.54, 1.807) is 38.5 Å². The fourth-order valence-corrected chi connectivity index (χ4v) is 6.67. The van der Waals surface area contributed by atoms with Crippen molar-refractivity contribution in [2.24, 2.45) is 0 Å². The lowest BCUT2D eigenvalue weighted by atomic mass is 10.0. The number of carbonyl (C=O) groups excluding carboxylic acids is 2. The fourth-order valence-electron chi connectivity index (χ4n) is 5.26. The van der Waals surface area contributed by atoms with Gasteiger partial charge in [0, 0.05) is 26.2 Å². The lowest BCUT2D eigenvalue weighted by Crippen LogP contribution is -2.45. The third-order valence-electron chi connectivity index (χ3n) is 7.93. The van der Waals surface area contributed by atoms with Crippen LogP contribution in [-0.4, -0.2) is 76.6 Å². The van der Waals surface area contributed by atoms with E-state index in [1.807, 2.05) is 54.6 Å². The maximum atomic E-state index is 14.0. The molecule has 1 heterocycles. The summed E-state index contributed by atoms with van der Waals surface area (Å²) < 4.78 is 49.1. The predicted octanol–water partition coefficient (Wildman–Crippen LogP) is 4.19. The van der Waals surface area contributed by atoms with Crippen LogP contribution in [0.1, 0.15) is 22.7 Å². The van der Waals surface area contributed by atoms with Gasteiger partial charge in [0.15, 0.2) is 6.61 Å². The van der Waals surface area contributed by atoms with E-state index in [0.29, 0.717) is 36.0 Å². The van der Waals surface area contributed by atoms with Crippen molar-refractivity contribution in [1.29, 1.82) is 0 Å². The zero-order chi connectivity index (χ0) is 33.9. The molecule has 4 aromatic carbocycles. The second kappa shape index (κ2) is 16.3. The lowest BCUT2D eigenvalue weighted by Gasteiger charge is -2.31. The highest BCUT2D eigenvalue weighted by Crippen LogP contribution is 2.26. The van der Waals surface area contributed by atoms with Crippen molar-refractivity contribution < 1.29 is 37.0 Å². The Kier molecular flexibility index (Phi) is 11.7. The maximum absolute atomic E-state index is 14.0. The molecule has 48 heavy (non-hydrogen) atoms. The first kappa shape index (κ1) is 34.4. The van der Waals surface area contributed by atoms with Crippen molar-refractivity contribution in [1.82, 2.24) is 14.5 Å². The number of carbonyl (C=O) groups is 2. The maximum Gasteiger partial charge on any atom is 0.261 e. The van der Waals surface area contributed by atoms with Gasteiger partial charge in [0.1, 0.15) is 23.3 Å². The van der Waals surface area contributed by atoms with Gasteiger partial charge in [-0.25, -0.2) is 8.42 Å². The van der Waals surface area contributed by atoms with Crippen LogP contribution >= 0.6 is 0 Å². The van der Waals surface area contributed by atoms with E-state index < -0.39 is 22.0 Å². The Morgan fingerprint density at radius 3 is 1.94 bits per heavy atom.